The number of ether oxygens (including phenoxy) is 1. The lowest BCUT2D eigenvalue weighted by molar-refractivity contribution is 0.416. The van der Waals surface area contributed by atoms with Gasteiger partial charge < -0.3 is 4.74 Å². The number of benzene rings is 1. The van der Waals surface area contributed by atoms with Crippen molar-refractivity contribution in [1.29, 1.82) is 0 Å². The topological polar surface area (TPSA) is 9.23 Å². The molecule has 0 atom stereocenters. The van der Waals surface area contributed by atoms with Crippen molar-refractivity contribution in [2.24, 2.45) is 0 Å². The third-order valence-corrected chi connectivity index (χ3v) is 2.32. The van der Waals surface area contributed by atoms with Gasteiger partial charge in [0.15, 0.2) is 5.05 Å². The zero-order valence-electron chi connectivity index (χ0n) is 6.00. The van der Waals surface area contributed by atoms with E-state index in [2.05, 4.69) is 22.6 Å². The van der Waals surface area contributed by atoms with Gasteiger partial charge in [-0.1, -0.05) is 12.1 Å². The van der Waals surface area contributed by atoms with E-state index in [4.69, 9.17) is 17.0 Å². The first-order valence-corrected chi connectivity index (χ1v) is 4.56. The quantitative estimate of drug-likeness (QED) is 0.577. The minimum Gasteiger partial charge on any atom is -0.486 e. The molecule has 0 unspecified atom stereocenters. The Morgan fingerprint density at radius 2 is 2.27 bits per heavy atom. The van der Waals surface area contributed by atoms with E-state index in [-0.39, 0.29) is 0 Å². The summed E-state index contributed by atoms with van der Waals surface area (Å²) >= 11 is 7.20. The first-order valence-electron chi connectivity index (χ1n) is 3.08. The highest BCUT2D eigenvalue weighted by Crippen LogP contribution is 2.08. The van der Waals surface area contributed by atoms with Crippen molar-refractivity contribution in [1.82, 2.24) is 0 Å². The summed E-state index contributed by atoms with van der Waals surface area (Å²) in [5.41, 5.74) is 0.967. The van der Waals surface area contributed by atoms with Gasteiger partial charge in [-0.2, -0.15) is 0 Å². The Bertz CT molecular complexity index is 273. The Hall–Kier alpha value is -0.160. The molecule has 0 saturated heterocycles. The summed E-state index contributed by atoms with van der Waals surface area (Å²) in [5, 5.41) is 0.545. The Morgan fingerprint density at radius 3 is 2.82 bits per heavy atom. The zero-order valence-corrected chi connectivity index (χ0v) is 8.98. The first-order chi connectivity index (χ1) is 5.24. The second-order valence-corrected chi connectivity index (χ2v) is 3.62. The van der Waals surface area contributed by atoms with Crippen LogP contribution in [0.2, 0.25) is 0 Å². The molecule has 11 heavy (non-hydrogen) atoms. The summed E-state index contributed by atoms with van der Waals surface area (Å²) in [4.78, 5) is 0. The van der Waals surface area contributed by atoms with Crippen molar-refractivity contribution in [3.05, 3.63) is 33.4 Å². The molecule has 0 fully saturated rings. The number of rotatable bonds is 1. The van der Waals surface area contributed by atoms with Gasteiger partial charge in [0.2, 0.25) is 0 Å². The summed E-state index contributed by atoms with van der Waals surface area (Å²) in [7, 11) is 1.59. The minimum atomic E-state index is 0.545. The van der Waals surface area contributed by atoms with E-state index >= 15 is 0 Å². The maximum atomic E-state index is 4.96. The molecule has 0 bridgehead atoms. The van der Waals surface area contributed by atoms with E-state index in [1.165, 1.54) is 3.57 Å². The third kappa shape index (κ3) is 2.41. The predicted octanol–water partition coefficient (Wildman–Crippen LogP) is 2.61. The molecule has 58 valence electrons. The van der Waals surface area contributed by atoms with E-state index in [0.717, 1.165) is 5.56 Å². The summed E-state index contributed by atoms with van der Waals surface area (Å²) in [5.74, 6) is 0. The molecule has 0 aliphatic rings. The van der Waals surface area contributed by atoms with E-state index in [9.17, 15) is 0 Å². The van der Waals surface area contributed by atoms with E-state index in [1.807, 2.05) is 24.3 Å². The maximum Gasteiger partial charge on any atom is 0.190 e. The number of thiocarbonyl (C=S) groups is 1. The molecule has 1 aromatic rings. The molecule has 0 heterocycles. The van der Waals surface area contributed by atoms with Crippen LogP contribution in [0.1, 0.15) is 5.56 Å². The molecule has 3 heteroatoms. The van der Waals surface area contributed by atoms with Gasteiger partial charge in [0.25, 0.3) is 0 Å². The maximum absolute atomic E-state index is 4.96. The molecule has 1 nitrogen and oxygen atoms in total. The molecular weight excluding hydrogens is 271 g/mol. The summed E-state index contributed by atoms with van der Waals surface area (Å²) in [6.07, 6.45) is 0. The molecule has 1 aromatic carbocycles. The summed E-state index contributed by atoms with van der Waals surface area (Å²) < 4.78 is 6.09. The van der Waals surface area contributed by atoms with Crippen molar-refractivity contribution < 1.29 is 4.74 Å². The second kappa shape index (κ2) is 4.01. The van der Waals surface area contributed by atoms with E-state index in [1.54, 1.807) is 7.11 Å². The molecular formula is C8H7IOS. The number of methoxy groups -OCH3 is 1. The molecule has 1 rings (SSSR count). The third-order valence-electron chi connectivity index (χ3n) is 1.25. The van der Waals surface area contributed by atoms with E-state index in [0.29, 0.717) is 5.05 Å². The number of halogens is 1. The van der Waals surface area contributed by atoms with Gasteiger partial charge in [0.05, 0.1) is 7.11 Å². The molecule has 0 aromatic heterocycles. The highest BCUT2D eigenvalue weighted by molar-refractivity contribution is 14.1. The smallest absolute Gasteiger partial charge is 0.190 e. The van der Waals surface area contributed by atoms with Gasteiger partial charge in [-0.3, -0.25) is 0 Å². The lowest BCUT2D eigenvalue weighted by Gasteiger charge is -2.01. The van der Waals surface area contributed by atoms with Crippen molar-refractivity contribution in [2.75, 3.05) is 7.11 Å². The monoisotopic (exact) mass is 278 g/mol. The van der Waals surface area contributed by atoms with Crippen LogP contribution in [0.15, 0.2) is 24.3 Å². The van der Waals surface area contributed by atoms with Gasteiger partial charge in [0, 0.05) is 9.13 Å². The molecule has 0 spiro atoms. The van der Waals surface area contributed by atoms with Crippen LogP contribution in [-0.4, -0.2) is 12.2 Å². The van der Waals surface area contributed by atoms with Gasteiger partial charge in [-0.25, -0.2) is 0 Å². The van der Waals surface area contributed by atoms with Gasteiger partial charge in [-0.15, -0.1) is 0 Å². The summed E-state index contributed by atoms with van der Waals surface area (Å²) in [6.45, 7) is 0. The van der Waals surface area contributed by atoms with Gasteiger partial charge >= 0.3 is 0 Å². The Labute approximate surface area is 84.9 Å². The fraction of sp³-hybridized carbons (Fsp3) is 0.125. The lowest BCUT2D eigenvalue weighted by Crippen LogP contribution is -1.98. The molecule has 0 aliphatic heterocycles. The van der Waals surface area contributed by atoms with Crippen molar-refractivity contribution in [3.63, 3.8) is 0 Å². The average molecular weight is 278 g/mol. The lowest BCUT2D eigenvalue weighted by atomic mass is 10.2. The van der Waals surface area contributed by atoms with E-state index < -0.39 is 0 Å². The van der Waals surface area contributed by atoms with Crippen LogP contribution in [0.4, 0.5) is 0 Å². The molecule has 0 aliphatic carbocycles. The standard InChI is InChI=1S/C8H7IOS/c1-10-8(11)6-3-2-4-7(9)5-6/h2-5H,1H3. The molecule has 0 N–H and O–H groups in total. The van der Waals surface area contributed by atoms with Crippen LogP contribution in [0.25, 0.3) is 0 Å². The predicted molar refractivity (Wildman–Crippen MR) is 57.9 cm³/mol. The Morgan fingerprint density at radius 1 is 1.55 bits per heavy atom. The molecule has 0 amide bonds. The van der Waals surface area contributed by atoms with Gasteiger partial charge in [-0.05, 0) is 46.9 Å². The van der Waals surface area contributed by atoms with Crippen LogP contribution >= 0.6 is 34.8 Å². The summed E-state index contributed by atoms with van der Waals surface area (Å²) in [6, 6.07) is 7.91. The van der Waals surface area contributed by atoms with Crippen LogP contribution in [0.3, 0.4) is 0 Å². The largest absolute Gasteiger partial charge is 0.486 e. The van der Waals surface area contributed by atoms with Crippen LogP contribution in [0, 0.1) is 3.57 Å². The molecule has 0 radical (unpaired) electrons. The second-order valence-electron chi connectivity index (χ2n) is 2.00. The molecule has 0 saturated carbocycles. The zero-order chi connectivity index (χ0) is 8.27. The van der Waals surface area contributed by atoms with Crippen molar-refractivity contribution in [2.45, 2.75) is 0 Å². The van der Waals surface area contributed by atoms with Crippen LogP contribution in [0.5, 0.6) is 0 Å². The normalized spacial score (nSPS) is 9.27. The van der Waals surface area contributed by atoms with Gasteiger partial charge in [0.1, 0.15) is 0 Å². The fourth-order valence-corrected chi connectivity index (χ4v) is 1.40. The average Bonchev–Trinajstić information content (AvgIpc) is 2.03. The van der Waals surface area contributed by atoms with Crippen LogP contribution < -0.4 is 0 Å². The number of hydrogen-bond acceptors (Lipinski definition) is 2. The fourth-order valence-electron chi connectivity index (χ4n) is 0.733. The first kappa shape index (κ1) is 8.93. The highest BCUT2D eigenvalue weighted by Gasteiger charge is 1.98. The number of hydrogen-bond donors (Lipinski definition) is 0. The Balaban J connectivity index is 2.96. The van der Waals surface area contributed by atoms with Crippen molar-refractivity contribution >= 4 is 39.9 Å². The van der Waals surface area contributed by atoms with Crippen molar-refractivity contribution in [3.8, 4) is 0 Å². The minimum absolute atomic E-state index is 0.545. The Kier molecular flexibility index (Phi) is 3.26. The SMILES string of the molecule is COC(=S)c1cccc(I)c1. The highest BCUT2D eigenvalue weighted by atomic mass is 127. The van der Waals surface area contributed by atoms with Crippen LogP contribution in [-0.2, 0) is 4.74 Å².